The van der Waals surface area contributed by atoms with E-state index in [0.717, 1.165) is 25.7 Å². The first kappa shape index (κ1) is 23.7. The SMILES string of the molecule is CCCCCCCC/C(C(=O)OCCC)=C(/C(=O)OCCC)C(C)C. The van der Waals surface area contributed by atoms with Gasteiger partial charge in [-0.05, 0) is 31.6 Å². The zero-order chi connectivity index (χ0) is 19.1. The molecule has 0 unspecified atom stereocenters. The van der Waals surface area contributed by atoms with E-state index in [1.807, 2.05) is 27.7 Å². The molecule has 0 saturated heterocycles. The minimum atomic E-state index is -0.369. The summed E-state index contributed by atoms with van der Waals surface area (Å²) in [4.78, 5) is 25.0. The van der Waals surface area contributed by atoms with Gasteiger partial charge in [-0.25, -0.2) is 9.59 Å². The van der Waals surface area contributed by atoms with E-state index in [-0.39, 0.29) is 17.9 Å². The van der Waals surface area contributed by atoms with Crippen molar-refractivity contribution in [1.82, 2.24) is 0 Å². The first-order valence-corrected chi connectivity index (χ1v) is 10.1. The van der Waals surface area contributed by atoms with Crippen LogP contribution in [-0.4, -0.2) is 25.2 Å². The van der Waals surface area contributed by atoms with Crippen LogP contribution in [0.2, 0.25) is 0 Å². The lowest BCUT2D eigenvalue weighted by atomic mass is 9.93. The normalized spacial score (nSPS) is 12.1. The number of rotatable bonds is 14. The molecule has 0 aliphatic carbocycles. The molecule has 146 valence electrons. The molecule has 0 fully saturated rings. The van der Waals surface area contributed by atoms with E-state index in [4.69, 9.17) is 9.47 Å². The smallest absolute Gasteiger partial charge is 0.334 e. The molecule has 0 heterocycles. The van der Waals surface area contributed by atoms with Crippen molar-refractivity contribution in [3.8, 4) is 0 Å². The van der Waals surface area contributed by atoms with Crippen molar-refractivity contribution in [3.63, 3.8) is 0 Å². The Labute approximate surface area is 154 Å². The average molecular weight is 355 g/mol. The molecule has 0 saturated carbocycles. The molecule has 4 heteroatoms. The Kier molecular flexibility index (Phi) is 14.2. The highest BCUT2D eigenvalue weighted by Crippen LogP contribution is 2.23. The Hall–Kier alpha value is -1.32. The summed E-state index contributed by atoms with van der Waals surface area (Å²) < 4.78 is 10.6. The molecule has 0 bridgehead atoms. The van der Waals surface area contributed by atoms with Crippen LogP contribution in [-0.2, 0) is 19.1 Å². The third-order valence-corrected chi connectivity index (χ3v) is 4.02. The van der Waals surface area contributed by atoms with Crippen LogP contribution in [0.25, 0.3) is 0 Å². The van der Waals surface area contributed by atoms with Gasteiger partial charge in [0.2, 0.25) is 0 Å². The van der Waals surface area contributed by atoms with E-state index in [0.29, 0.717) is 30.8 Å². The number of hydrogen-bond donors (Lipinski definition) is 0. The van der Waals surface area contributed by atoms with Gasteiger partial charge >= 0.3 is 11.9 Å². The quantitative estimate of drug-likeness (QED) is 0.231. The van der Waals surface area contributed by atoms with Crippen molar-refractivity contribution in [3.05, 3.63) is 11.1 Å². The topological polar surface area (TPSA) is 52.6 Å². The molecule has 0 aliphatic rings. The van der Waals surface area contributed by atoms with Gasteiger partial charge in [-0.2, -0.15) is 0 Å². The predicted octanol–water partition coefficient (Wildman–Crippen LogP) is 5.60. The Morgan fingerprint density at radius 2 is 1.24 bits per heavy atom. The van der Waals surface area contributed by atoms with Crippen LogP contribution < -0.4 is 0 Å². The summed E-state index contributed by atoms with van der Waals surface area (Å²) in [5.74, 6) is -0.785. The van der Waals surface area contributed by atoms with Crippen LogP contribution in [0.4, 0.5) is 0 Å². The molecule has 25 heavy (non-hydrogen) atoms. The van der Waals surface area contributed by atoms with E-state index < -0.39 is 0 Å². The molecule has 0 aromatic heterocycles. The second kappa shape index (κ2) is 15.0. The average Bonchev–Trinajstić information content (AvgIpc) is 2.59. The van der Waals surface area contributed by atoms with Crippen LogP contribution in [0.3, 0.4) is 0 Å². The highest BCUT2D eigenvalue weighted by atomic mass is 16.5. The summed E-state index contributed by atoms with van der Waals surface area (Å²) in [6, 6.07) is 0. The monoisotopic (exact) mass is 354 g/mol. The number of unbranched alkanes of at least 4 members (excludes halogenated alkanes) is 5. The maximum absolute atomic E-state index is 12.5. The molecule has 0 atom stereocenters. The van der Waals surface area contributed by atoms with Gasteiger partial charge in [-0.3, -0.25) is 0 Å². The van der Waals surface area contributed by atoms with Crippen LogP contribution in [0.15, 0.2) is 11.1 Å². The molecule has 0 rings (SSSR count). The van der Waals surface area contributed by atoms with E-state index >= 15 is 0 Å². The number of esters is 2. The van der Waals surface area contributed by atoms with Crippen LogP contribution in [0.5, 0.6) is 0 Å². The predicted molar refractivity (Wildman–Crippen MR) is 102 cm³/mol. The van der Waals surface area contributed by atoms with Crippen molar-refractivity contribution in [2.75, 3.05) is 13.2 Å². The fourth-order valence-electron chi connectivity index (χ4n) is 2.69. The Bertz CT molecular complexity index is 410. The lowest BCUT2D eigenvalue weighted by molar-refractivity contribution is -0.143. The molecule has 0 spiro atoms. The molecular formula is C21H38O4. The summed E-state index contributed by atoms with van der Waals surface area (Å²) in [7, 11) is 0. The number of hydrogen-bond acceptors (Lipinski definition) is 4. The molecule has 0 radical (unpaired) electrons. The molecule has 4 nitrogen and oxygen atoms in total. The van der Waals surface area contributed by atoms with Crippen LogP contribution in [0.1, 0.15) is 92.4 Å². The molecule has 0 aromatic carbocycles. The molecule has 0 amide bonds. The fourth-order valence-corrected chi connectivity index (χ4v) is 2.69. The summed E-state index contributed by atoms with van der Waals surface area (Å²) in [6.07, 6.45) is 8.96. The maximum Gasteiger partial charge on any atom is 0.334 e. The minimum Gasteiger partial charge on any atom is -0.462 e. The molecule has 0 aromatic rings. The fraction of sp³-hybridized carbons (Fsp3) is 0.810. The highest BCUT2D eigenvalue weighted by molar-refractivity contribution is 6.00. The first-order chi connectivity index (χ1) is 12.0. The van der Waals surface area contributed by atoms with Gasteiger partial charge in [0.05, 0.1) is 18.8 Å². The number of carbonyl (C=O) groups is 2. The van der Waals surface area contributed by atoms with Crippen molar-refractivity contribution < 1.29 is 19.1 Å². The lowest BCUT2D eigenvalue weighted by Crippen LogP contribution is -2.20. The second-order valence-corrected chi connectivity index (χ2v) is 6.84. The van der Waals surface area contributed by atoms with Gasteiger partial charge in [0.25, 0.3) is 0 Å². The summed E-state index contributed by atoms with van der Waals surface area (Å²) in [5, 5.41) is 0. The lowest BCUT2D eigenvalue weighted by Gasteiger charge is -2.17. The molecule has 0 aliphatic heterocycles. The van der Waals surface area contributed by atoms with Crippen molar-refractivity contribution in [2.24, 2.45) is 5.92 Å². The largest absolute Gasteiger partial charge is 0.462 e. The van der Waals surface area contributed by atoms with Gasteiger partial charge in [-0.15, -0.1) is 0 Å². The summed E-state index contributed by atoms with van der Waals surface area (Å²) >= 11 is 0. The van der Waals surface area contributed by atoms with Gasteiger partial charge in [0, 0.05) is 5.57 Å². The van der Waals surface area contributed by atoms with Gasteiger partial charge < -0.3 is 9.47 Å². The Morgan fingerprint density at radius 3 is 1.76 bits per heavy atom. The van der Waals surface area contributed by atoms with Crippen LogP contribution in [0, 0.1) is 5.92 Å². The zero-order valence-electron chi connectivity index (χ0n) is 17.0. The van der Waals surface area contributed by atoms with Crippen molar-refractivity contribution in [1.29, 1.82) is 0 Å². The van der Waals surface area contributed by atoms with Gasteiger partial charge in [0.1, 0.15) is 0 Å². The van der Waals surface area contributed by atoms with E-state index in [1.54, 1.807) is 0 Å². The Morgan fingerprint density at radius 1 is 0.720 bits per heavy atom. The zero-order valence-corrected chi connectivity index (χ0v) is 17.0. The third kappa shape index (κ3) is 10.3. The summed E-state index contributed by atoms with van der Waals surface area (Å²) in [6.45, 7) is 10.7. The molecule has 0 N–H and O–H groups in total. The van der Waals surface area contributed by atoms with Gasteiger partial charge in [0.15, 0.2) is 0 Å². The highest BCUT2D eigenvalue weighted by Gasteiger charge is 2.25. The Balaban J connectivity index is 5.12. The standard InChI is InChI=1S/C21H38O4/c1-6-9-10-11-12-13-14-18(20(22)24-15-7-2)19(17(4)5)21(23)25-16-8-3/h17H,6-16H2,1-5H3/b19-18-. The van der Waals surface area contributed by atoms with Gasteiger partial charge in [-0.1, -0.05) is 66.7 Å². The number of carbonyl (C=O) groups excluding carboxylic acids is 2. The second-order valence-electron chi connectivity index (χ2n) is 6.84. The number of ether oxygens (including phenoxy) is 2. The maximum atomic E-state index is 12.5. The van der Waals surface area contributed by atoms with Crippen LogP contribution >= 0.6 is 0 Å². The minimum absolute atomic E-state index is 0.0615. The van der Waals surface area contributed by atoms with Crippen molar-refractivity contribution in [2.45, 2.75) is 92.4 Å². The summed E-state index contributed by atoms with van der Waals surface area (Å²) in [5.41, 5.74) is 1.00. The van der Waals surface area contributed by atoms with Crippen molar-refractivity contribution >= 4 is 11.9 Å². The van der Waals surface area contributed by atoms with E-state index in [9.17, 15) is 9.59 Å². The van der Waals surface area contributed by atoms with E-state index in [2.05, 4.69) is 6.92 Å². The third-order valence-electron chi connectivity index (χ3n) is 4.02. The first-order valence-electron chi connectivity index (χ1n) is 10.1. The molecular weight excluding hydrogens is 316 g/mol. The van der Waals surface area contributed by atoms with E-state index in [1.165, 1.54) is 25.7 Å².